The van der Waals surface area contributed by atoms with Gasteiger partial charge in [-0.15, -0.1) is 0 Å². The van der Waals surface area contributed by atoms with Crippen molar-refractivity contribution in [2.45, 2.75) is 13.1 Å². The zero-order chi connectivity index (χ0) is 26.7. The van der Waals surface area contributed by atoms with Crippen LogP contribution in [0.25, 0.3) is 22.3 Å². The van der Waals surface area contributed by atoms with Crippen molar-refractivity contribution in [3.05, 3.63) is 114 Å². The number of anilines is 2. The number of benzene rings is 2. The van der Waals surface area contributed by atoms with Crippen LogP contribution in [0.4, 0.5) is 24.7 Å². The third-order valence-corrected chi connectivity index (χ3v) is 5.90. The number of halogens is 3. The second-order valence-corrected chi connectivity index (χ2v) is 8.78. The van der Waals surface area contributed by atoms with Gasteiger partial charge in [0, 0.05) is 59.8 Å². The summed E-state index contributed by atoms with van der Waals surface area (Å²) >= 11 is 0. The van der Waals surface area contributed by atoms with E-state index >= 15 is 0 Å². The topological polar surface area (TPSA) is 55.6 Å². The molecule has 1 N–H and O–H groups in total. The Bertz CT molecular complexity index is 1660. The number of rotatable bonds is 4. The van der Waals surface area contributed by atoms with Gasteiger partial charge in [-0.25, -0.2) is 4.98 Å². The molecule has 0 spiro atoms. The SMILES string of the molecule is Cc1ccc(C#Cc2cc(-c3cnn(C)c3)cc(C(F)(F)F)c2)cc1Nc1cc(-c2cccnc2)ccn1. The van der Waals surface area contributed by atoms with Crippen molar-refractivity contribution in [2.24, 2.45) is 7.05 Å². The molecule has 0 atom stereocenters. The Morgan fingerprint density at radius 3 is 2.39 bits per heavy atom. The van der Waals surface area contributed by atoms with Gasteiger partial charge in [0.2, 0.25) is 0 Å². The Morgan fingerprint density at radius 1 is 0.816 bits per heavy atom. The minimum absolute atomic E-state index is 0.264. The van der Waals surface area contributed by atoms with E-state index in [4.69, 9.17) is 0 Å². The maximum atomic E-state index is 13.6. The molecule has 0 aliphatic rings. The molecule has 5 rings (SSSR count). The largest absolute Gasteiger partial charge is 0.416 e. The summed E-state index contributed by atoms with van der Waals surface area (Å²) in [5.74, 6) is 6.56. The van der Waals surface area contributed by atoms with E-state index < -0.39 is 11.7 Å². The molecule has 8 heteroatoms. The van der Waals surface area contributed by atoms with Gasteiger partial charge in [-0.1, -0.05) is 24.0 Å². The molecule has 0 bridgehead atoms. The number of alkyl halides is 3. The molecule has 3 aromatic heterocycles. The van der Waals surface area contributed by atoms with Gasteiger partial charge in [0.15, 0.2) is 0 Å². The lowest BCUT2D eigenvalue weighted by Crippen LogP contribution is -2.05. The number of nitrogens with one attached hydrogen (secondary N) is 1. The third kappa shape index (κ3) is 5.73. The standard InChI is InChI=1S/C30H22F3N5/c1-20-5-6-21(14-28(20)37-29-16-23(9-11-35-29)24-4-3-10-34-17-24)7-8-22-12-25(26-18-36-38(2)19-26)15-27(13-22)30(31,32)33/h3-6,9-19H,1-2H3,(H,35,37). The smallest absolute Gasteiger partial charge is 0.340 e. The van der Waals surface area contributed by atoms with Gasteiger partial charge in [0.25, 0.3) is 0 Å². The van der Waals surface area contributed by atoms with E-state index in [1.54, 1.807) is 42.6 Å². The molecular weight excluding hydrogens is 487 g/mol. The van der Waals surface area contributed by atoms with Gasteiger partial charge in [0.05, 0.1) is 11.8 Å². The zero-order valence-electron chi connectivity index (χ0n) is 20.6. The first kappa shape index (κ1) is 24.8. The Kier molecular flexibility index (Phi) is 6.67. The number of nitrogens with zero attached hydrogens (tertiary/aromatic N) is 4. The van der Waals surface area contributed by atoms with Crippen LogP contribution >= 0.6 is 0 Å². The average molecular weight is 510 g/mol. The maximum absolute atomic E-state index is 13.6. The lowest BCUT2D eigenvalue weighted by Gasteiger charge is -2.11. The fraction of sp³-hybridized carbons (Fsp3) is 0.100. The summed E-state index contributed by atoms with van der Waals surface area (Å²) in [6.07, 6.45) is 3.93. The van der Waals surface area contributed by atoms with Crippen LogP contribution in [0.5, 0.6) is 0 Å². The van der Waals surface area contributed by atoms with Gasteiger partial charge < -0.3 is 5.32 Å². The van der Waals surface area contributed by atoms with Crippen LogP contribution < -0.4 is 5.32 Å². The summed E-state index contributed by atoms with van der Waals surface area (Å²) < 4.78 is 42.3. The van der Waals surface area contributed by atoms with Crippen molar-refractivity contribution in [2.75, 3.05) is 5.32 Å². The third-order valence-electron chi connectivity index (χ3n) is 5.90. The second-order valence-electron chi connectivity index (χ2n) is 8.78. The molecule has 0 amide bonds. The molecule has 0 aliphatic carbocycles. The van der Waals surface area contributed by atoms with Gasteiger partial charge in [-0.2, -0.15) is 18.3 Å². The lowest BCUT2D eigenvalue weighted by atomic mass is 10.0. The van der Waals surface area contributed by atoms with E-state index in [9.17, 15) is 13.2 Å². The molecule has 0 unspecified atom stereocenters. The quantitative estimate of drug-likeness (QED) is 0.265. The predicted octanol–water partition coefficient (Wildman–Crippen LogP) is 7.01. The fourth-order valence-electron chi connectivity index (χ4n) is 3.93. The summed E-state index contributed by atoms with van der Waals surface area (Å²) in [5.41, 5.74) is 4.87. The Morgan fingerprint density at radius 2 is 1.66 bits per heavy atom. The molecule has 38 heavy (non-hydrogen) atoms. The highest BCUT2D eigenvalue weighted by Crippen LogP contribution is 2.33. The average Bonchev–Trinajstić information content (AvgIpc) is 3.35. The summed E-state index contributed by atoms with van der Waals surface area (Å²) in [4.78, 5) is 8.58. The van der Waals surface area contributed by atoms with E-state index in [1.165, 1.54) is 6.20 Å². The molecule has 0 saturated carbocycles. The fourth-order valence-corrected chi connectivity index (χ4v) is 3.93. The number of pyridine rings is 2. The Labute approximate surface area is 218 Å². The van der Waals surface area contributed by atoms with Gasteiger partial charge in [-0.05, 0) is 72.1 Å². The van der Waals surface area contributed by atoms with Crippen molar-refractivity contribution in [1.29, 1.82) is 0 Å². The molecule has 3 heterocycles. The molecule has 5 nitrogen and oxygen atoms in total. The highest BCUT2D eigenvalue weighted by molar-refractivity contribution is 5.70. The van der Waals surface area contributed by atoms with Crippen molar-refractivity contribution in [1.82, 2.24) is 19.7 Å². The highest BCUT2D eigenvalue weighted by Gasteiger charge is 2.31. The van der Waals surface area contributed by atoms with Gasteiger partial charge in [-0.3, -0.25) is 9.67 Å². The molecule has 0 radical (unpaired) electrons. The first-order chi connectivity index (χ1) is 18.2. The van der Waals surface area contributed by atoms with Crippen molar-refractivity contribution in [3.8, 4) is 34.1 Å². The van der Waals surface area contributed by atoms with Crippen LogP contribution in [0.2, 0.25) is 0 Å². The Hall–Kier alpha value is -4.90. The molecule has 2 aromatic carbocycles. The lowest BCUT2D eigenvalue weighted by molar-refractivity contribution is -0.137. The highest BCUT2D eigenvalue weighted by atomic mass is 19.4. The van der Waals surface area contributed by atoms with Gasteiger partial charge >= 0.3 is 6.18 Å². The van der Waals surface area contributed by atoms with Crippen molar-refractivity contribution >= 4 is 11.5 Å². The number of hydrogen-bond acceptors (Lipinski definition) is 4. The van der Waals surface area contributed by atoms with Crippen LogP contribution in [-0.2, 0) is 13.2 Å². The second kappa shape index (κ2) is 10.2. The molecule has 5 aromatic rings. The van der Waals surface area contributed by atoms with Crippen LogP contribution in [0.15, 0.2) is 91.6 Å². The van der Waals surface area contributed by atoms with E-state index in [1.807, 2.05) is 49.4 Å². The molecule has 0 saturated heterocycles. The number of hydrogen-bond donors (Lipinski definition) is 1. The van der Waals surface area contributed by atoms with E-state index in [0.29, 0.717) is 22.5 Å². The zero-order valence-corrected chi connectivity index (χ0v) is 20.6. The van der Waals surface area contributed by atoms with Crippen molar-refractivity contribution in [3.63, 3.8) is 0 Å². The van der Waals surface area contributed by atoms with E-state index in [0.717, 1.165) is 34.5 Å². The monoisotopic (exact) mass is 509 g/mol. The normalized spacial score (nSPS) is 11.1. The summed E-state index contributed by atoms with van der Waals surface area (Å²) in [5, 5.41) is 7.39. The number of aromatic nitrogens is 4. The summed E-state index contributed by atoms with van der Waals surface area (Å²) in [6, 6.07) is 17.1. The molecular formula is C30H22F3N5. The van der Waals surface area contributed by atoms with Gasteiger partial charge in [0.1, 0.15) is 5.82 Å². The van der Waals surface area contributed by atoms with Crippen LogP contribution in [-0.4, -0.2) is 19.7 Å². The minimum atomic E-state index is -4.49. The first-order valence-electron chi connectivity index (χ1n) is 11.7. The molecule has 0 fully saturated rings. The van der Waals surface area contributed by atoms with Crippen LogP contribution in [0.3, 0.4) is 0 Å². The maximum Gasteiger partial charge on any atom is 0.416 e. The first-order valence-corrected chi connectivity index (χ1v) is 11.7. The van der Waals surface area contributed by atoms with Crippen LogP contribution in [0, 0.1) is 18.8 Å². The van der Waals surface area contributed by atoms with E-state index in [-0.39, 0.29) is 5.56 Å². The van der Waals surface area contributed by atoms with Crippen LogP contribution in [0.1, 0.15) is 22.3 Å². The summed E-state index contributed by atoms with van der Waals surface area (Å²) in [7, 11) is 1.71. The van der Waals surface area contributed by atoms with E-state index in [2.05, 4.69) is 32.2 Å². The Balaban J connectivity index is 1.45. The number of aryl methyl sites for hydroxylation is 2. The molecule has 0 aliphatic heterocycles. The minimum Gasteiger partial charge on any atom is -0.340 e. The summed E-state index contributed by atoms with van der Waals surface area (Å²) in [6.45, 7) is 1.96. The molecule has 188 valence electrons. The van der Waals surface area contributed by atoms with Crippen molar-refractivity contribution < 1.29 is 13.2 Å². The predicted molar refractivity (Wildman–Crippen MR) is 142 cm³/mol.